The van der Waals surface area contributed by atoms with Crippen LogP contribution in [0.3, 0.4) is 0 Å². The van der Waals surface area contributed by atoms with Crippen LogP contribution in [0.1, 0.15) is 5.56 Å². The number of hydrogen-bond donors (Lipinski definition) is 0. The minimum Gasteiger partial charge on any atom is -0.490 e. The van der Waals surface area contributed by atoms with Gasteiger partial charge in [0.2, 0.25) is 0 Å². The van der Waals surface area contributed by atoms with Crippen molar-refractivity contribution in [3.05, 3.63) is 65.9 Å². The Bertz CT molecular complexity index is 856. The molecule has 0 saturated heterocycles. The van der Waals surface area contributed by atoms with Crippen LogP contribution in [-0.4, -0.2) is 21.2 Å². The smallest absolute Gasteiger partial charge is 0.332 e. The van der Waals surface area contributed by atoms with Crippen LogP contribution >= 0.6 is 11.6 Å². The van der Waals surface area contributed by atoms with E-state index in [1.165, 1.54) is 36.9 Å². The van der Waals surface area contributed by atoms with Gasteiger partial charge < -0.3 is 4.74 Å². The zero-order valence-electron chi connectivity index (χ0n) is 11.8. The van der Waals surface area contributed by atoms with Crippen molar-refractivity contribution >= 4 is 17.3 Å². The van der Waals surface area contributed by atoms with Crippen LogP contribution in [0.2, 0.25) is 5.15 Å². The predicted octanol–water partition coefficient (Wildman–Crippen LogP) is 1.17. The van der Waals surface area contributed by atoms with Crippen molar-refractivity contribution in [1.82, 2.24) is 9.13 Å². The fraction of sp³-hybridized carbons (Fsp3) is 0.231. The van der Waals surface area contributed by atoms with Gasteiger partial charge in [0.15, 0.2) is 5.75 Å². The van der Waals surface area contributed by atoms with Gasteiger partial charge in [-0.25, -0.2) is 4.79 Å². The van der Waals surface area contributed by atoms with E-state index in [9.17, 15) is 19.7 Å². The normalized spacial score (nSPS) is 10.5. The Morgan fingerprint density at radius 3 is 2.59 bits per heavy atom. The van der Waals surface area contributed by atoms with Gasteiger partial charge in [-0.3, -0.25) is 24.0 Å². The Morgan fingerprint density at radius 2 is 2.00 bits per heavy atom. The van der Waals surface area contributed by atoms with Gasteiger partial charge in [-0.15, -0.1) is 0 Å². The van der Waals surface area contributed by atoms with Crippen molar-refractivity contribution in [3.8, 4) is 5.75 Å². The van der Waals surface area contributed by atoms with E-state index in [1.807, 2.05) is 0 Å². The predicted molar refractivity (Wildman–Crippen MR) is 79.7 cm³/mol. The van der Waals surface area contributed by atoms with Gasteiger partial charge in [0.1, 0.15) is 5.15 Å². The first-order valence-electron chi connectivity index (χ1n) is 6.13. The van der Waals surface area contributed by atoms with E-state index >= 15 is 0 Å². The van der Waals surface area contributed by atoms with E-state index in [4.69, 9.17) is 16.3 Å². The molecule has 0 bridgehead atoms. The first kappa shape index (κ1) is 15.8. The van der Waals surface area contributed by atoms with Gasteiger partial charge in [0.05, 0.1) is 18.6 Å². The lowest BCUT2D eigenvalue weighted by Crippen LogP contribution is -2.37. The first-order chi connectivity index (χ1) is 10.3. The van der Waals surface area contributed by atoms with Crippen LogP contribution in [0.15, 0.2) is 33.9 Å². The van der Waals surface area contributed by atoms with Crippen LogP contribution in [-0.2, 0) is 13.6 Å². The summed E-state index contributed by atoms with van der Waals surface area (Å²) in [6.07, 6.45) is 0. The SMILES string of the molecule is COc1cc(Cn2c(Cl)cc(=O)n(C)c2=O)ccc1[N+](=O)[O-]. The molecule has 0 aliphatic carbocycles. The van der Waals surface area contributed by atoms with Gasteiger partial charge >= 0.3 is 11.4 Å². The summed E-state index contributed by atoms with van der Waals surface area (Å²) in [5, 5.41) is 10.8. The van der Waals surface area contributed by atoms with Gasteiger partial charge in [0.25, 0.3) is 5.56 Å². The molecule has 9 heteroatoms. The number of hydrogen-bond acceptors (Lipinski definition) is 5. The molecule has 22 heavy (non-hydrogen) atoms. The third-order valence-electron chi connectivity index (χ3n) is 3.13. The van der Waals surface area contributed by atoms with Crippen molar-refractivity contribution in [2.75, 3.05) is 7.11 Å². The number of ether oxygens (including phenoxy) is 1. The van der Waals surface area contributed by atoms with E-state index in [2.05, 4.69) is 0 Å². The molecule has 0 N–H and O–H groups in total. The third kappa shape index (κ3) is 2.86. The maximum Gasteiger partial charge on any atom is 0.332 e. The van der Waals surface area contributed by atoms with Gasteiger partial charge in [0, 0.05) is 19.2 Å². The molecule has 1 aromatic heterocycles. The zero-order chi connectivity index (χ0) is 16.4. The van der Waals surface area contributed by atoms with Crippen LogP contribution in [0.5, 0.6) is 5.75 Å². The molecule has 0 aliphatic rings. The van der Waals surface area contributed by atoms with Crippen LogP contribution in [0.4, 0.5) is 5.69 Å². The van der Waals surface area contributed by atoms with Crippen molar-refractivity contribution < 1.29 is 9.66 Å². The molecule has 0 amide bonds. The molecule has 0 atom stereocenters. The molecule has 0 saturated carbocycles. The van der Waals surface area contributed by atoms with E-state index in [-0.39, 0.29) is 23.1 Å². The zero-order valence-corrected chi connectivity index (χ0v) is 12.5. The van der Waals surface area contributed by atoms with Crippen LogP contribution in [0, 0.1) is 10.1 Å². The Morgan fingerprint density at radius 1 is 1.32 bits per heavy atom. The number of rotatable bonds is 4. The largest absolute Gasteiger partial charge is 0.490 e. The van der Waals surface area contributed by atoms with E-state index < -0.39 is 16.2 Å². The molecule has 2 aromatic rings. The lowest BCUT2D eigenvalue weighted by molar-refractivity contribution is -0.385. The highest BCUT2D eigenvalue weighted by Gasteiger charge is 2.16. The average Bonchev–Trinajstić information content (AvgIpc) is 2.49. The summed E-state index contributed by atoms with van der Waals surface area (Å²) in [5.41, 5.74) is -0.683. The van der Waals surface area contributed by atoms with Gasteiger partial charge in [-0.05, 0) is 11.6 Å². The Labute approximate surface area is 129 Å². The number of benzene rings is 1. The van der Waals surface area contributed by atoms with E-state index in [1.54, 1.807) is 0 Å². The van der Waals surface area contributed by atoms with Gasteiger partial charge in [-0.2, -0.15) is 0 Å². The molecule has 0 aliphatic heterocycles. The molecule has 0 spiro atoms. The highest BCUT2D eigenvalue weighted by Crippen LogP contribution is 2.27. The molecular formula is C13H12ClN3O5. The molecule has 1 heterocycles. The minimum atomic E-state index is -0.574. The van der Waals surface area contributed by atoms with Crippen molar-refractivity contribution in [2.45, 2.75) is 6.54 Å². The molecule has 0 fully saturated rings. The number of nitro groups is 1. The van der Waals surface area contributed by atoms with E-state index in [0.29, 0.717) is 5.56 Å². The lowest BCUT2D eigenvalue weighted by Gasteiger charge is -2.10. The molecule has 0 radical (unpaired) electrons. The summed E-state index contributed by atoms with van der Waals surface area (Å²) >= 11 is 5.92. The molecule has 0 unspecified atom stereocenters. The second-order valence-corrected chi connectivity index (χ2v) is 4.88. The van der Waals surface area contributed by atoms with Crippen molar-refractivity contribution in [3.63, 3.8) is 0 Å². The Kier molecular flexibility index (Phi) is 4.32. The fourth-order valence-corrected chi connectivity index (χ4v) is 2.17. The topological polar surface area (TPSA) is 96.4 Å². The fourth-order valence-electron chi connectivity index (χ4n) is 1.94. The quantitative estimate of drug-likeness (QED) is 0.477. The highest BCUT2D eigenvalue weighted by atomic mass is 35.5. The Hall–Kier alpha value is -2.61. The summed E-state index contributed by atoms with van der Waals surface area (Å²) < 4.78 is 7.08. The Balaban J connectivity index is 2.49. The number of nitrogens with zero attached hydrogens (tertiary/aromatic N) is 3. The number of methoxy groups -OCH3 is 1. The van der Waals surface area contributed by atoms with Crippen LogP contribution in [0.25, 0.3) is 0 Å². The van der Waals surface area contributed by atoms with Crippen molar-refractivity contribution in [1.29, 1.82) is 0 Å². The molecule has 2 rings (SSSR count). The number of nitro benzene ring substituents is 1. The van der Waals surface area contributed by atoms with Crippen LogP contribution < -0.4 is 16.0 Å². The molecule has 116 valence electrons. The second kappa shape index (κ2) is 6.02. The maximum absolute atomic E-state index is 12.0. The van der Waals surface area contributed by atoms with Crippen molar-refractivity contribution in [2.24, 2.45) is 7.05 Å². The van der Waals surface area contributed by atoms with E-state index in [0.717, 1.165) is 10.6 Å². The molecule has 1 aromatic carbocycles. The summed E-state index contributed by atoms with van der Waals surface area (Å²) in [6, 6.07) is 5.36. The monoisotopic (exact) mass is 325 g/mol. The standard InChI is InChI=1S/C13H12ClN3O5/c1-15-12(18)6-11(14)16(13(15)19)7-8-3-4-9(17(20)21)10(5-8)22-2/h3-6H,7H2,1-2H3. The first-order valence-corrected chi connectivity index (χ1v) is 6.50. The van der Waals surface area contributed by atoms with Gasteiger partial charge in [-0.1, -0.05) is 17.7 Å². The lowest BCUT2D eigenvalue weighted by atomic mass is 10.2. The summed E-state index contributed by atoms with van der Waals surface area (Å²) in [5.74, 6) is 0.0801. The summed E-state index contributed by atoms with van der Waals surface area (Å²) in [7, 11) is 2.66. The maximum atomic E-state index is 12.0. The highest BCUT2D eigenvalue weighted by molar-refractivity contribution is 6.29. The number of halogens is 1. The minimum absolute atomic E-state index is 0.00887. The number of aromatic nitrogens is 2. The third-order valence-corrected chi connectivity index (χ3v) is 3.44. The second-order valence-electron chi connectivity index (χ2n) is 4.50. The average molecular weight is 326 g/mol. The summed E-state index contributed by atoms with van der Waals surface area (Å²) in [6.45, 7) is 0.0557. The molecule has 8 nitrogen and oxygen atoms in total. The summed E-state index contributed by atoms with van der Waals surface area (Å²) in [4.78, 5) is 33.8. The molecular weight excluding hydrogens is 314 g/mol.